The fourth-order valence-electron chi connectivity index (χ4n) is 3.31. The monoisotopic (exact) mass is 376 g/mol. The van der Waals surface area contributed by atoms with E-state index in [-0.39, 0.29) is 11.7 Å². The summed E-state index contributed by atoms with van der Waals surface area (Å²) in [5.41, 5.74) is 0.500. The summed E-state index contributed by atoms with van der Waals surface area (Å²) >= 11 is 1.41. The molecule has 0 bridgehead atoms. The Hall–Kier alpha value is -1.86. The number of carbonyl (C=O) groups is 1. The molecule has 1 aromatic heterocycles. The fraction of sp³-hybridized carbons (Fsp3) is 0.474. The molecule has 0 spiro atoms. The van der Waals surface area contributed by atoms with Crippen LogP contribution in [0, 0.1) is 17.7 Å². The molecule has 1 amide bonds. The number of anilines is 1. The number of nitrogens with zero attached hydrogens (tertiary/aromatic N) is 2. The average molecular weight is 377 g/mol. The Morgan fingerprint density at radius 3 is 2.92 bits per heavy atom. The highest BCUT2D eigenvalue weighted by Gasteiger charge is 2.22. The smallest absolute Gasteiger partial charge is 0.224 e. The van der Waals surface area contributed by atoms with Gasteiger partial charge in [0.25, 0.3) is 0 Å². The Morgan fingerprint density at radius 1 is 1.46 bits per heavy atom. The van der Waals surface area contributed by atoms with Crippen molar-refractivity contribution in [3.63, 3.8) is 0 Å². The van der Waals surface area contributed by atoms with Gasteiger partial charge in [-0.25, -0.2) is 9.37 Å². The molecular formula is C19H25FN4OS. The molecule has 1 saturated heterocycles. The van der Waals surface area contributed by atoms with E-state index in [1.54, 1.807) is 12.3 Å². The van der Waals surface area contributed by atoms with E-state index < -0.39 is 0 Å². The first kappa shape index (κ1) is 18.9. The Kier molecular flexibility index (Phi) is 6.32. The van der Waals surface area contributed by atoms with Crippen molar-refractivity contribution in [3.8, 4) is 0 Å². The van der Waals surface area contributed by atoms with Gasteiger partial charge in [-0.2, -0.15) is 0 Å². The molecule has 1 aliphatic rings. The van der Waals surface area contributed by atoms with E-state index in [2.05, 4.69) is 22.5 Å². The van der Waals surface area contributed by atoms with Gasteiger partial charge in [-0.05, 0) is 67.7 Å². The number of carbonyl (C=O) groups excluding carboxylic acids is 1. The summed E-state index contributed by atoms with van der Waals surface area (Å²) in [6, 6.07) is 4.46. The first-order chi connectivity index (χ1) is 12.5. The number of hydrogen-bond donors (Lipinski definition) is 2. The van der Waals surface area contributed by atoms with Crippen LogP contribution in [0.1, 0.15) is 26.2 Å². The van der Waals surface area contributed by atoms with Crippen LogP contribution in [0.5, 0.6) is 0 Å². The summed E-state index contributed by atoms with van der Waals surface area (Å²) in [7, 11) is 1.90. The predicted molar refractivity (Wildman–Crippen MR) is 102 cm³/mol. The molecule has 2 heterocycles. The third kappa shape index (κ3) is 4.86. The molecule has 3 rings (SSSR count). The Bertz CT molecular complexity index is 758. The largest absolute Gasteiger partial charge is 0.329 e. The van der Waals surface area contributed by atoms with Gasteiger partial charge >= 0.3 is 0 Å². The minimum Gasteiger partial charge on any atom is -0.329 e. The lowest BCUT2D eigenvalue weighted by Crippen LogP contribution is -2.32. The second-order valence-corrected chi connectivity index (χ2v) is 7.89. The normalized spacial score (nSPS) is 16.4. The van der Waals surface area contributed by atoms with E-state index in [0.717, 1.165) is 36.0 Å². The standard InChI is InChI=1S/C19H25FN4OS/c1-13(14-5-7-21-8-6-14)11-18(25)23-16-12-15(20)3-4-17(16)26-19-22-9-10-24(19)2/h3-4,9-10,12-14,21H,5-8,11H2,1-2H3,(H,23,25). The van der Waals surface area contributed by atoms with E-state index in [9.17, 15) is 9.18 Å². The van der Waals surface area contributed by atoms with Gasteiger partial charge in [0, 0.05) is 30.8 Å². The lowest BCUT2D eigenvalue weighted by Gasteiger charge is -2.28. The van der Waals surface area contributed by atoms with Crippen LogP contribution in [0.3, 0.4) is 0 Å². The molecule has 5 nitrogen and oxygen atoms in total. The lowest BCUT2D eigenvalue weighted by atomic mass is 9.84. The van der Waals surface area contributed by atoms with Crippen LogP contribution in [0.2, 0.25) is 0 Å². The molecule has 140 valence electrons. The van der Waals surface area contributed by atoms with Crippen molar-refractivity contribution in [2.24, 2.45) is 18.9 Å². The summed E-state index contributed by atoms with van der Waals surface area (Å²) in [5.74, 6) is 0.450. The van der Waals surface area contributed by atoms with Crippen LogP contribution in [0.25, 0.3) is 0 Å². The van der Waals surface area contributed by atoms with Gasteiger partial charge < -0.3 is 15.2 Å². The van der Waals surface area contributed by atoms with Gasteiger partial charge in [0.15, 0.2) is 5.16 Å². The number of imidazole rings is 1. The Labute approximate surface area is 157 Å². The Morgan fingerprint density at radius 2 is 2.23 bits per heavy atom. The van der Waals surface area contributed by atoms with Crippen molar-refractivity contribution < 1.29 is 9.18 Å². The number of piperidine rings is 1. The molecule has 0 saturated carbocycles. The lowest BCUT2D eigenvalue weighted by molar-refractivity contribution is -0.117. The molecular weight excluding hydrogens is 351 g/mol. The number of aromatic nitrogens is 2. The SMILES string of the molecule is CC(CC(=O)Nc1cc(F)ccc1Sc1nccn1C)C1CCNCC1. The minimum atomic E-state index is -0.365. The third-order valence-electron chi connectivity index (χ3n) is 4.89. The van der Waals surface area contributed by atoms with Crippen LogP contribution in [-0.4, -0.2) is 28.5 Å². The predicted octanol–water partition coefficient (Wildman–Crippen LogP) is 3.67. The highest BCUT2D eigenvalue weighted by Crippen LogP contribution is 2.33. The van der Waals surface area contributed by atoms with Crippen molar-refractivity contribution in [2.45, 2.75) is 36.2 Å². The van der Waals surface area contributed by atoms with E-state index in [1.165, 1.54) is 23.9 Å². The highest BCUT2D eigenvalue weighted by atomic mass is 32.2. The average Bonchev–Trinajstić information content (AvgIpc) is 3.03. The van der Waals surface area contributed by atoms with Crippen molar-refractivity contribution >= 4 is 23.4 Å². The van der Waals surface area contributed by atoms with Crippen LogP contribution in [0.15, 0.2) is 40.6 Å². The van der Waals surface area contributed by atoms with Crippen LogP contribution >= 0.6 is 11.8 Å². The van der Waals surface area contributed by atoms with Gasteiger partial charge in [-0.1, -0.05) is 6.92 Å². The second kappa shape index (κ2) is 8.68. The molecule has 1 aromatic carbocycles. The molecule has 2 N–H and O–H groups in total. The third-order valence-corrected chi connectivity index (χ3v) is 6.04. The summed E-state index contributed by atoms with van der Waals surface area (Å²) in [6.45, 7) is 4.17. The molecule has 1 fully saturated rings. The van der Waals surface area contributed by atoms with Crippen LogP contribution < -0.4 is 10.6 Å². The number of nitrogens with one attached hydrogen (secondary N) is 2. The van der Waals surface area contributed by atoms with Gasteiger partial charge in [-0.15, -0.1) is 0 Å². The Balaban J connectivity index is 1.67. The summed E-state index contributed by atoms with van der Waals surface area (Å²) in [5, 5.41) is 7.04. The second-order valence-electron chi connectivity index (χ2n) is 6.88. The molecule has 1 unspecified atom stereocenters. The van der Waals surface area contributed by atoms with Crippen molar-refractivity contribution in [3.05, 3.63) is 36.4 Å². The van der Waals surface area contributed by atoms with Gasteiger partial charge in [0.05, 0.1) is 5.69 Å². The van der Waals surface area contributed by atoms with E-state index in [1.807, 2.05) is 17.8 Å². The minimum absolute atomic E-state index is 0.0664. The number of halogens is 1. The van der Waals surface area contributed by atoms with E-state index in [0.29, 0.717) is 23.9 Å². The number of amides is 1. The number of rotatable bonds is 6. The first-order valence-corrected chi connectivity index (χ1v) is 9.80. The quantitative estimate of drug-likeness (QED) is 0.808. The van der Waals surface area contributed by atoms with Crippen LogP contribution in [-0.2, 0) is 11.8 Å². The topological polar surface area (TPSA) is 59.0 Å². The van der Waals surface area contributed by atoms with Crippen molar-refractivity contribution in [1.29, 1.82) is 0 Å². The van der Waals surface area contributed by atoms with E-state index >= 15 is 0 Å². The number of hydrogen-bond acceptors (Lipinski definition) is 4. The number of benzene rings is 1. The van der Waals surface area contributed by atoms with Crippen molar-refractivity contribution in [1.82, 2.24) is 14.9 Å². The molecule has 1 atom stereocenters. The van der Waals surface area contributed by atoms with Gasteiger partial charge in [0.1, 0.15) is 5.82 Å². The highest BCUT2D eigenvalue weighted by molar-refractivity contribution is 7.99. The molecule has 26 heavy (non-hydrogen) atoms. The maximum atomic E-state index is 13.7. The molecule has 0 aliphatic carbocycles. The van der Waals surface area contributed by atoms with E-state index in [4.69, 9.17) is 0 Å². The molecule has 7 heteroatoms. The fourth-order valence-corrected chi connectivity index (χ4v) is 4.18. The van der Waals surface area contributed by atoms with Gasteiger partial charge in [0.2, 0.25) is 5.91 Å². The zero-order chi connectivity index (χ0) is 18.5. The van der Waals surface area contributed by atoms with Crippen molar-refractivity contribution in [2.75, 3.05) is 18.4 Å². The molecule has 2 aromatic rings. The summed E-state index contributed by atoms with van der Waals surface area (Å²) < 4.78 is 15.6. The maximum absolute atomic E-state index is 13.7. The molecule has 1 aliphatic heterocycles. The summed E-state index contributed by atoms with van der Waals surface area (Å²) in [4.78, 5) is 17.6. The van der Waals surface area contributed by atoms with Gasteiger partial charge in [-0.3, -0.25) is 4.79 Å². The zero-order valence-electron chi connectivity index (χ0n) is 15.2. The van der Waals surface area contributed by atoms with Crippen LogP contribution in [0.4, 0.5) is 10.1 Å². The zero-order valence-corrected chi connectivity index (χ0v) is 16.0. The summed E-state index contributed by atoms with van der Waals surface area (Å²) in [6.07, 6.45) is 6.23. The maximum Gasteiger partial charge on any atom is 0.224 e. The first-order valence-electron chi connectivity index (χ1n) is 8.98. The number of aryl methyl sites for hydroxylation is 1. The molecule has 0 radical (unpaired) electrons.